The largest absolute Gasteiger partial charge is 0.455 e. The standard InChI is InChI=1S/C29H43NO4S/c1-7-9-11-13-15-23-21-24(16-14-12-10-8-2)27(30-26(23)28(31)34-29(4,5)6)35(32,33)25-19-17-22(3)18-20-25/h17-21H,7-16H2,1-6H3. The molecule has 2 rings (SSSR count). The lowest BCUT2D eigenvalue weighted by atomic mass is 10.00. The quantitative estimate of drug-likeness (QED) is 0.211. The van der Waals surface area contributed by atoms with Gasteiger partial charge in [-0.25, -0.2) is 18.2 Å². The molecule has 0 saturated carbocycles. The Labute approximate surface area is 212 Å². The monoisotopic (exact) mass is 501 g/mol. The summed E-state index contributed by atoms with van der Waals surface area (Å²) in [6.45, 7) is 11.6. The predicted molar refractivity (Wildman–Crippen MR) is 142 cm³/mol. The van der Waals surface area contributed by atoms with Gasteiger partial charge in [-0.15, -0.1) is 0 Å². The molecule has 5 nitrogen and oxygen atoms in total. The van der Waals surface area contributed by atoms with Crippen LogP contribution in [0.4, 0.5) is 0 Å². The summed E-state index contributed by atoms with van der Waals surface area (Å²) in [7, 11) is -3.89. The maximum Gasteiger partial charge on any atom is 0.357 e. The maximum atomic E-state index is 13.7. The van der Waals surface area contributed by atoms with E-state index < -0.39 is 21.4 Å². The average Bonchev–Trinajstić information content (AvgIpc) is 2.78. The van der Waals surface area contributed by atoms with E-state index in [1.54, 1.807) is 45.0 Å². The number of esters is 1. The molecule has 0 atom stereocenters. The normalized spacial score (nSPS) is 12.1. The number of nitrogens with zero attached hydrogens (tertiary/aromatic N) is 1. The van der Waals surface area contributed by atoms with Gasteiger partial charge in [-0.1, -0.05) is 76.1 Å². The van der Waals surface area contributed by atoms with Crippen LogP contribution in [0.3, 0.4) is 0 Å². The maximum absolute atomic E-state index is 13.7. The number of unbranched alkanes of at least 4 members (excludes halogenated alkanes) is 6. The second-order valence-corrected chi connectivity index (χ2v) is 12.3. The minimum atomic E-state index is -3.89. The highest BCUT2D eigenvalue weighted by molar-refractivity contribution is 7.91. The van der Waals surface area contributed by atoms with Gasteiger partial charge < -0.3 is 4.74 Å². The summed E-state index contributed by atoms with van der Waals surface area (Å²) < 4.78 is 33.1. The summed E-state index contributed by atoms with van der Waals surface area (Å²) in [6, 6.07) is 8.69. The Kier molecular flexibility index (Phi) is 10.9. The van der Waals surface area contributed by atoms with Crippen LogP contribution in [0.15, 0.2) is 40.3 Å². The summed E-state index contributed by atoms with van der Waals surface area (Å²) in [4.78, 5) is 17.9. The molecule has 1 aromatic carbocycles. The van der Waals surface area contributed by atoms with E-state index >= 15 is 0 Å². The van der Waals surface area contributed by atoms with E-state index in [4.69, 9.17) is 4.74 Å². The van der Waals surface area contributed by atoms with Crippen molar-refractivity contribution in [2.24, 2.45) is 0 Å². The van der Waals surface area contributed by atoms with Crippen LogP contribution in [-0.4, -0.2) is 25.0 Å². The molecule has 0 fully saturated rings. The number of ether oxygens (including phenoxy) is 1. The average molecular weight is 502 g/mol. The Balaban J connectivity index is 2.61. The van der Waals surface area contributed by atoms with E-state index in [-0.39, 0.29) is 15.6 Å². The third-order valence-corrected chi connectivity index (χ3v) is 7.67. The van der Waals surface area contributed by atoms with Crippen LogP contribution in [0.2, 0.25) is 0 Å². The summed E-state index contributed by atoms with van der Waals surface area (Å²) >= 11 is 0. The van der Waals surface area contributed by atoms with Gasteiger partial charge in [0.2, 0.25) is 9.84 Å². The summed E-state index contributed by atoms with van der Waals surface area (Å²) in [5, 5.41) is -0.0176. The van der Waals surface area contributed by atoms with E-state index in [0.717, 1.165) is 62.5 Å². The van der Waals surface area contributed by atoms with Crippen molar-refractivity contribution in [3.05, 3.63) is 52.7 Å². The molecule has 0 radical (unpaired) electrons. The van der Waals surface area contributed by atoms with Crippen molar-refractivity contribution < 1.29 is 17.9 Å². The fourth-order valence-corrected chi connectivity index (χ4v) is 5.44. The van der Waals surface area contributed by atoms with Gasteiger partial charge in [0.15, 0.2) is 10.7 Å². The molecule has 0 N–H and O–H groups in total. The zero-order chi connectivity index (χ0) is 26.1. The topological polar surface area (TPSA) is 73.3 Å². The van der Waals surface area contributed by atoms with Crippen molar-refractivity contribution in [3.8, 4) is 0 Å². The second kappa shape index (κ2) is 13.2. The molecule has 0 amide bonds. The van der Waals surface area contributed by atoms with Crippen molar-refractivity contribution >= 4 is 15.8 Å². The van der Waals surface area contributed by atoms with E-state index in [1.807, 2.05) is 13.0 Å². The summed E-state index contributed by atoms with van der Waals surface area (Å²) in [6.07, 6.45) is 9.63. The van der Waals surface area contributed by atoms with Gasteiger partial charge in [-0.2, -0.15) is 0 Å². The minimum Gasteiger partial charge on any atom is -0.455 e. The first-order chi connectivity index (χ1) is 16.5. The molecule has 0 bridgehead atoms. The molecule has 0 aliphatic heterocycles. The highest BCUT2D eigenvalue weighted by atomic mass is 32.2. The smallest absolute Gasteiger partial charge is 0.357 e. The molecule has 194 valence electrons. The SMILES string of the molecule is CCCCCCc1cc(CCCCCC)c(S(=O)(=O)c2ccc(C)cc2)nc1C(=O)OC(C)(C)C. The van der Waals surface area contributed by atoms with Crippen LogP contribution in [0, 0.1) is 6.92 Å². The number of benzene rings is 1. The Morgan fingerprint density at radius 3 is 1.91 bits per heavy atom. The van der Waals surface area contributed by atoms with Gasteiger partial charge in [-0.3, -0.25) is 0 Å². The van der Waals surface area contributed by atoms with E-state index in [9.17, 15) is 13.2 Å². The van der Waals surface area contributed by atoms with Crippen LogP contribution < -0.4 is 0 Å². The number of carbonyl (C=O) groups excluding carboxylic acids is 1. The second-order valence-electron chi connectivity index (χ2n) is 10.4. The molecule has 1 aromatic heterocycles. The number of aromatic nitrogens is 1. The van der Waals surface area contributed by atoms with Crippen LogP contribution in [0.5, 0.6) is 0 Å². The first kappa shape index (κ1) is 29.0. The van der Waals surface area contributed by atoms with Crippen LogP contribution >= 0.6 is 0 Å². The summed E-state index contributed by atoms with van der Waals surface area (Å²) in [5.74, 6) is -0.569. The molecular formula is C29H43NO4S. The molecule has 0 spiro atoms. The molecule has 0 aliphatic carbocycles. The van der Waals surface area contributed by atoms with Gasteiger partial charge >= 0.3 is 5.97 Å². The fourth-order valence-electron chi connectivity index (χ4n) is 4.00. The third kappa shape index (κ3) is 8.75. The molecule has 0 saturated heterocycles. The predicted octanol–water partition coefficient (Wildman–Crippen LogP) is 7.42. The van der Waals surface area contributed by atoms with Crippen molar-refractivity contribution in [1.82, 2.24) is 4.98 Å². The van der Waals surface area contributed by atoms with Crippen LogP contribution in [0.25, 0.3) is 0 Å². The van der Waals surface area contributed by atoms with Gasteiger partial charge in [0.1, 0.15) is 5.60 Å². The fraction of sp³-hybridized carbons (Fsp3) is 0.586. The molecule has 0 aliphatic rings. The van der Waals surface area contributed by atoms with Crippen molar-refractivity contribution in [1.29, 1.82) is 0 Å². The molecule has 2 aromatic rings. The molecule has 1 heterocycles. The first-order valence-corrected chi connectivity index (χ1v) is 14.6. The van der Waals surface area contributed by atoms with Crippen LogP contribution in [0.1, 0.15) is 113 Å². The minimum absolute atomic E-state index is 0.0176. The van der Waals surface area contributed by atoms with Gasteiger partial charge in [0.05, 0.1) is 4.90 Å². The third-order valence-electron chi connectivity index (χ3n) is 5.92. The Bertz CT molecular complexity index is 1070. The number of hydrogen-bond acceptors (Lipinski definition) is 5. The zero-order valence-corrected chi connectivity index (χ0v) is 23.3. The molecule has 6 heteroatoms. The van der Waals surface area contributed by atoms with Crippen molar-refractivity contribution in [3.63, 3.8) is 0 Å². The lowest BCUT2D eigenvalue weighted by Gasteiger charge is -2.21. The van der Waals surface area contributed by atoms with E-state index in [0.29, 0.717) is 18.4 Å². The highest BCUT2D eigenvalue weighted by Gasteiger charge is 2.29. The highest BCUT2D eigenvalue weighted by Crippen LogP contribution is 2.28. The first-order valence-electron chi connectivity index (χ1n) is 13.1. The zero-order valence-electron chi connectivity index (χ0n) is 22.4. The Hall–Kier alpha value is -2.21. The lowest BCUT2D eigenvalue weighted by Crippen LogP contribution is -2.26. The van der Waals surface area contributed by atoms with Crippen molar-refractivity contribution in [2.45, 2.75) is 121 Å². The van der Waals surface area contributed by atoms with Gasteiger partial charge in [0, 0.05) is 0 Å². The Morgan fingerprint density at radius 2 is 1.40 bits per heavy atom. The van der Waals surface area contributed by atoms with Gasteiger partial charge in [0.25, 0.3) is 0 Å². The number of aryl methyl sites for hydroxylation is 3. The van der Waals surface area contributed by atoms with Crippen molar-refractivity contribution in [2.75, 3.05) is 0 Å². The number of carbonyl (C=O) groups is 1. The number of sulfone groups is 1. The number of rotatable bonds is 13. The molecular weight excluding hydrogens is 458 g/mol. The number of pyridine rings is 1. The number of hydrogen-bond donors (Lipinski definition) is 0. The molecule has 0 unspecified atom stereocenters. The van der Waals surface area contributed by atoms with E-state index in [1.165, 1.54) is 0 Å². The summed E-state index contributed by atoms with van der Waals surface area (Å²) in [5.41, 5.74) is 1.88. The molecule has 35 heavy (non-hydrogen) atoms. The van der Waals surface area contributed by atoms with Gasteiger partial charge in [-0.05, 0) is 76.6 Å². The lowest BCUT2D eigenvalue weighted by molar-refractivity contribution is 0.00606. The van der Waals surface area contributed by atoms with Crippen LogP contribution in [-0.2, 0) is 27.4 Å². The van der Waals surface area contributed by atoms with E-state index in [2.05, 4.69) is 18.8 Å². The Morgan fingerprint density at radius 1 is 0.857 bits per heavy atom.